The average Bonchev–Trinajstić information content (AvgIpc) is 2.59. The third-order valence-electron chi connectivity index (χ3n) is 4.04. The molecule has 1 aromatic carbocycles. The van der Waals surface area contributed by atoms with E-state index in [1.54, 1.807) is 0 Å². The molecule has 0 saturated carbocycles. The summed E-state index contributed by atoms with van der Waals surface area (Å²) in [6.45, 7) is 7.89. The molecule has 1 aliphatic heterocycles. The van der Waals surface area contributed by atoms with Crippen LogP contribution < -0.4 is 15.5 Å². The number of hydrogen-bond acceptors (Lipinski definition) is 3. The molecule has 0 aliphatic carbocycles. The molecule has 0 radical (unpaired) electrons. The Morgan fingerprint density at radius 1 is 1.28 bits per heavy atom. The second kappa shape index (κ2) is 11.4. The van der Waals surface area contributed by atoms with Gasteiger partial charge in [-0.1, -0.05) is 23.6 Å². The van der Waals surface area contributed by atoms with Crippen LogP contribution in [0.1, 0.15) is 12.5 Å². The van der Waals surface area contributed by atoms with Crippen LogP contribution in [0, 0.1) is 12.3 Å². The summed E-state index contributed by atoms with van der Waals surface area (Å²) in [5.41, 5.74) is 2.23. The predicted octanol–water partition coefficient (Wildman–Crippen LogP) is 2.40. The highest BCUT2D eigenvalue weighted by Gasteiger charge is 2.18. The molecule has 138 valence electrons. The number of hydrogen-bond donors (Lipinski definition) is 2. The molecule has 0 spiro atoms. The van der Waals surface area contributed by atoms with Gasteiger partial charge < -0.3 is 20.4 Å². The molecule has 2 N–H and O–H groups in total. The molecule has 1 heterocycles. The highest BCUT2D eigenvalue weighted by Crippen LogP contribution is 2.29. The summed E-state index contributed by atoms with van der Waals surface area (Å²) in [4.78, 5) is 9.36. The van der Waals surface area contributed by atoms with Crippen LogP contribution in [0.3, 0.4) is 0 Å². The van der Waals surface area contributed by atoms with Gasteiger partial charge in [-0.3, -0.25) is 0 Å². The Bertz CT molecular complexity index is 606. The zero-order valence-electron chi connectivity index (χ0n) is 14.9. The van der Waals surface area contributed by atoms with Crippen LogP contribution in [0.15, 0.2) is 23.2 Å². The monoisotopic (exact) mass is 475 g/mol. The molecule has 1 aromatic rings. The number of aliphatic imine (C=N–C) groups is 1. The van der Waals surface area contributed by atoms with Gasteiger partial charge in [-0.05, 0) is 26.1 Å². The Hall–Kier alpha value is -1.17. The van der Waals surface area contributed by atoms with Crippen molar-refractivity contribution < 1.29 is 0 Å². The van der Waals surface area contributed by atoms with Crippen molar-refractivity contribution in [1.82, 2.24) is 15.5 Å². The fourth-order valence-electron chi connectivity index (χ4n) is 2.68. The van der Waals surface area contributed by atoms with Gasteiger partial charge in [0.25, 0.3) is 0 Å². The fourth-order valence-corrected chi connectivity index (χ4v) is 2.91. The minimum Gasteiger partial charge on any atom is -0.369 e. The molecule has 1 aliphatic rings. The highest BCUT2D eigenvalue weighted by molar-refractivity contribution is 14.0. The normalized spacial score (nSPS) is 15.3. The fraction of sp³-hybridized carbons (Fsp3) is 0.500. The number of nitrogens with one attached hydrogen (secondary N) is 2. The van der Waals surface area contributed by atoms with Crippen molar-refractivity contribution in [3.05, 3.63) is 28.8 Å². The number of guanidine groups is 1. The summed E-state index contributed by atoms with van der Waals surface area (Å²) in [6, 6.07) is 6.06. The molecule has 0 aromatic heterocycles. The van der Waals surface area contributed by atoms with Gasteiger partial charge in [0.15, 0.2) is 5.96 Å². The van der Waals surface area contributed by atoms with Gasteiger partial charge in [-0.15, -0.1) is 30.4 Å². The van der Waals surface area contributed by atoms with E-state index >= 15 is 0 Å². The Morgan fingerprint density at radius 3 is 2.64 bits per heavy atom. The molecule has 0 bridgehead atoms. The summed E-state index contributed by atoms with van der Waals surface area (Å²) >= 11 is 6.46. The molecule has 0 unspecified atom stereocenters. The largest absolute Gasteiger partial charge is 0.369 e. The molecule has 5 nitrogen and oxygen atoms in total. The van der Waals surface area contributed by atoms with E-state index in [0.29, 0.717) is 19.0 Å². The summed E-state index contributed by atoms with van der Waals surface area (Å²) in [6.07, 6.45) is 5.31. The number of halogens is 2. The van der Waals surface area contributed by atoms with Gasteiger partial charge in [-0.25, -0.2) is 4.99 Å². The van der Waals surface area contributed by atoms with E-state index in [-0.39, 0.29) is 24.0 Å². The first-order valence-electron chi connectivity index (χ1n) is 8.32. The van der Waals surface area contributed by atoms with E-state index in [2.05, 4.69) is 44.5 Å². The van der Waals surface area contributed by atoms with Crippen LogP contribution in [-0.2, 0) is 6.54 Å². The molecular formula is C18H27ClIN5. The van der Waals surface area contributed by atoms with Crippen molar-refractivity contribution >= 4 is 47.2 Å². The maximum atomic E-state index is 6.46. The number of rotatable bonds is 5. The number of terminal acetylenes is 1. The van der Waals surface area contributed by atoms with E-state index in [1.165, 1.54) is 5.69 Å². The first-order chi connectivity index (χ1) is 11.7. The Labute approximate surface area is 173 Å². The lowest BCUT2D eigenvalue weighted by molar-refractivity contribution is 0.312. The summed E-state index contributed by atoms with van der Waals surface area (Å²) in [5, 5.41) is 7.05. The first kappa shape index (κ1) is 21.9. The second-order valence-electron chi connectivity index (χ2n) is 5.78. The van der Waals surface area contributed by atoms with Crippen molar-refractivity contribution in [3.63, 3.8) is 0 Å². The van der Waals surface area contributed by atoms with E-state index in [9.17, 15) is 0 Å². The summed E-state index contributed by atoms with van der Waals surface area (Å²) < 4.78 is 0. The van der Waals surface area contributed by atoms with Gasteiger partial charge in [-0.2, -0.15) is 0 Å². The van der Waals surface area contributed by atoms with Crippen LogP contribution >= 0.6 is 35.6 Å². The lowest BCUT2D eigenvalue weighted by Crippen LogP contribution is -2.44. The zero-order valence-corrected chi connectivity index (χ0v) is 18.0. The van der Waals surface area contributed by atoms with Crippen molar-refractivity contribution in [2.24, 2.45) is 4.99 Å². The number of likely N-dealkylation sites (N-methyl/N-ethyl adjacent to an activating group) is 1. The SMILES string of the molecule is C#CCNC(=NCc1c(Cl)cccc1N1CCN(C)CC1)NCC.I. The van der Waals surface area contributed by atoms with E-state index in [4.69, 9.17) is 18.0 Å². The zero-order chi connectivity index (χ0) is 17.4. The van der Waals surface area contributed by atoms with Crippen molar-refractivity contribution in [3.8, 4) is 12.3 Å². The molecule has 7 heteroatoms. The Kier molecular flexibility index (Phi) is 10.0. The quantitative estimate of drug-likeness (QED) is 0.297. The minimum absolute atomic E-state index is 0. The molecule has 0 atom stereocenters. The minimum atomic E-state index is 0. The van der Waals surface area contributed by atoms with Crippen LogP contribution in [0.2, 0.25) is 5.02 Å². The molecule has 1 saturated heterocycles. The standard InChI is InChI=1S/C18H26ClN5.HI/c1-4-9-21-18(20-5-2)22-14-15-16(19)7-6-8-17(15)24-12-10-23(3)11-13-24;/h1,6-8H,5,9-14H2,2-3H3,(H2,20,21,22);1H. The van der Waals surface area contributed by atoms with Crippen molar-refractivity contribution in [1.29, 1.82) is 0 Å². The van der Waals surface area contributed by atoms with E-state index in [0.717, 1.165) is 43.3 Å². The summed E-state index contributed by atoms with van der Waals surface area (Å²) in [5.74, 6) is 3.27. The number of nitrogens with zero attached hydrogens (tertiary/aromatic N) is 3. The van der Waals surface area contributed by atoms with Crippen molar-refractivity contribution in [2.75, 3.05) is 51.2 Å². The van der Waals surface area contributed by atoms with Crippen LogP contribution in [0.5, 0.6) is 0 Å². The topological polar surface area (TPSA) is 42.9 Å². The maximum Gasteiger partial charge on any atom is 0.192 e. The van der Waals surface area contributed by atoms with Gasteiger partial charge in [0, 0.05) is 49.0 Å². The highest BCUT2D eigenvalue weighted by atomic mass is 127. The molecular weight excluding hydrogens is 449 g/mol. The molecule has 2 rings (SSSR count). The Morgan fingerprint density at radius 2 is 2.00 bits per heavy atom. The first-order valence-corrected chi connectivity index (χ1v) is 8.70. The average molecular weight is 476 g/mol. The van der Waals surface area contributed by atoms with E-state index in [1.807, 2.05) is 19.1 Å². The number of anilines is 1. The van der Waals surface area contributed by atoms with E-state index < -0.39 is 0 Å². The maximum absolute atomic E-state index is 6.46. The van der Waals surface area contributed by atoms with Crippen LogP contribution in [0.4, 0.5) is 5.69 Å². The smallest absolute Gasteiger partial charge is 0.192 e. The number of piperazine rings is 1. The third-order valence-corrected chi connectivity index (χ3v) is 4.39. The van der Waals surface area contributed by atoms with Gasteiger partial charge in [0.1, 0.15) is 0 Å². The van der Waals surface area contributed by atoms with Gasteiger partial charge >= 0.3 is 0 Å². The lowest BCUT2D eigenvalue weighted by atomic mass is 10.1. The summed E-state index contributed by atoms with van der Waals surface area (Å²) in [7, 11) is 2.15. The van der Waals surface area contributed by atoms with Gasteiger partial charge in [0.05, 0.1) is 13.1 Å². The Balaban J connectivity index is 0.00000312. The predicted molar refractivity (Wildman–Crippen MR) is 118 cm³/mol. The molecule has 25 heavy (non-hydrogen) atoms. The molecule has 0 amide bonds. The number of benzene rings is 1. The van der Waals surface area contributed by atoms with Crippen molar-refractivity contribution in [2.45, 2.75) is 13.5 Å². The van der Waals surface area contributed by atoms with Crippen LogP contribution in [-0.4, -0.2) is 57.2 Å². The third kappa shape index (κ3) is 6.57. The molecule has 1 fully saturated rings. The van der Waals surface area contributed by atoms with Crippen LogP contribution in [0.25, 0.3) is 0 Å². The second-order valence-corrected chi connectivity index (χ2v) is 6.19. The lowest BCUT2D eigenvalue weighted by Gasteiger charge is -2.35. The van der Waals surface area contributed by atoms with Gasteiger partial charge in [0.2, 0.25) is 0 Å².